The fraction of sp³-hybridized carbons (Fsp3) is 0.438. The maximum Gasteiger partial charge on any atom is 0.416 e. The van der Waals surface area contributed by atoms with Gasteiger partial charge in [0.15, 0.2) is 0 Å². The summed E-state index contributed by atoms with van der Waals surface area (Å²) in [5.41, 5.74) is 4.57. The molecule has 3 rings (SSSR count). The molecular formula is C16H17ClF3N3O2. The Bertz CT molecular complexity index is 749. The molecular weight excluding hydrogens is 359 g/mol. The van der Waals surface area contributed by atoms with Crippen molar-refractivity contribution in [3.05, 3.63) is 39.6 Å². The number of piperazine rings is 1. The molecule has 5 nitrogen and oxygen atoms in total. The van der Waals surface area contributed by atoms with E-state index in [4.69, 9.17) is 22.4 Å². The number of nitrogen functional groups attached to an aromatic ring is 1. The molecule has 0 saturated carbocycles. The van der Waals surface area contributed by atoms with Gasteiger partial charge in [-0.05, 0) is 18.1 Å². The van der Waals surface area contributed by atoms with Crippen LogP contribution < -0.4 is 5.73 Å². The zero-order valence-electron chi connectivity index (χ0n) is 13.2. The van der Waals surface area contributed by atoms with Gasteiger partial charge in [0.25, 0.3) is 0 Å². The molecule has 2 aliphatic heterocycles. The van der Waals surface area contributed by atoms with Crippen molar-refractivity contribution >= 4 is 23.3 Å². The Morgan fingerprint density at radius 3 is 2.68 bits per heavy atom. The number of carboxylic acids is 1. The molecule has 0 atom stereocenters. The van der Waals surface area contributed by atoms with Gasteiger partial charge in [0.05, 0.1) is 21.8 Å². The monoisotopic (exact) mass is 375 g/mol. The molecule has 1 aromatic carbocycles. The first-order valence-corrected chi connectivity index (χ1v) is 8.14. The normalized spacial score (nSPS) is 18.2. The number of fused-ring (bicyclic) bond motifs is 1. The third-order valence-corrected chi connectivity index (χ3v) is 5.01. The van der Waals surface area contributed by atoms with E-state index in [9.17, 15) is 18.0 Å². The topological polar surface area (TPSA) is 69.8 Å². The molecule has 0 radical (unpaired) electrons. The number of alkyl halides is 3. The van der Waals surface area contributed by atoms with Crippen LogP contribution in [0.25, 0.3) is 0 Å². The number of aromatic carboxylic acids is 1. The molecule has 2 aliphatic rings. The Morgan fingerprint density at radius 2 is 2.04 bits per heavy atom. The standard InChI is InChI=1S/C16H17ClF3N3O2/c17-13-11(8-22-4-5-23-3-1-2-9(23)7-22)12(16(18,19)20)6-10(14(13)21)15(24)25/h2,6H,1,3-5,7-8,21H2,(H,24,25). The van der Waals surface area contributed by atoms with E-state index in [1.807, 2.05) is 4.90 Å². The summed E-state index contributed by atoms with van der Waals surface area (Å²) >= 11 is 6.04. The van der Waals surface area contributed by atoms with Crippen molar-refractivity contribution in [2.45, 2.75) is 19.1 Å². The lowest BCUT2D eigenvalue weighted by Crippen LogP contribution is -2.43. The van der Waals surface area contributed by atoms with E-state index in [0.717, 1.165) is 25.2 Å². The molecule has 0 unspecified atom stereocenters. The first-order valence-electron chi connectivity index (χ1n) is 7.76. The van der Waals surface area contributed by atoms with Crippen LogP contribution in [0.1, 0.15) is 27.9 Å². The zero-order chi connectivity index (χ0) is 18.4. The summed E-state index contributed by atoms with van der Waals surface area (Å²) in [6, 6.07) is 0.573. The number of benzene rings is 1. The summed E-state index contributed by atoms with van der Waals surface area (Å²) in [6.07, 6.45) is -1.69. The van der Waals surface area contributed by atoms with E-state index in [0.29, 0.717) is 19.2 Å². The van der Waals surface area contributed by atoms with Gasteiger partial charge in [-0.2, -0.15) is 13.2 Å². The Balaban J connectivity index is 1.97. The SMILES string of the molecule is Nc1c(C(=O)O)cc(C(F)(F)F)c(CN2CCN3CCC=C3C2)c1Cl. The lowest BCUT2D eigenvalue weighted by molar-refractivity contribution is -0.138. The summed E-state index contributed by atoms with van der Waals surface area (Å²) in [5, 5.41) is 8.73. The lowest BCUT2D eigenvalue weighted by atomic mass is 10.00. The van der Waals surface area contributed by atoms with Crippen molar-refractivity contribution in [2.24, 2.45) is 0 Å². The first kappa shape index (κ1) is 17.9. The van der Waals surface area contributed by atoms with Crippen molar-refractivity contribution in [3.63, 3.8) is 0 Å². The average molecular weight is 376 g/mol. The van der Waals surface area contributed by atoms with Gasteiger partial charge in [0, 0.05) is 38.4 Å². The number of anilines is 1. The Kier molecular flexibility index (Phi) is 4.59. The van der Waals surface area contributed by atoms with Gasteiger partial charge >= 0.3 is 12.1 Å². The van der Waals surface area contributed by atoms with Crippen LogP contribution in [0.5, 0.6) is 0 Å². The van der Waals surface area contributed by atoms with Crippen LogP contribution in [-0.4, -0.2) is 47.1 Å². The van der Waals surface area contributed by atoms with Gasteiger partial charge in [-0.15, -0.1) is 0 Å². The van der Waals surface area contributed by atoms with Gasteiger partial charge in [-0.25, -0.2) is 4.79 Å². The zero-order valence-corrected chi connectivity index (χ0v) is 14.0. The van der Waals surface area contributed by atoms with Crippen molar-refractivity contribution in [2.75, 3.05) is 31.9 Å². The smallest absolute Gasteiger partial charge is 0.416 e. The van der Waals surface area contributed by atoms with E-state index >= 15 is 0 Å². The maximum atomic E-state index is 13.4. The highest BCUT2D eigenvalue weighted by Crippen LogP contribution is 2.40. The number of nitrogens with two attached hydrogens (primary N) is 1. The third-order valence-electron chi connectivity index (χ3n) is 4.58. The molecule has 0 amide bonds. The molecule has 1 saturated heterocycles. The molecule has 25 heavy (non-hydrogen) atoms. The summed E-state index contributed by atoms with van der Waals surface area (Å²) < 4.78 is 40.3. The van der Waals surface area contributed by atoms with E-state index in [1.54, 1.807) is 0 Å². The summed E-state index contributed by atoms with van der Waals surface area (Å²) in [7, 11) is 0. The first-order chi connectivity index (χ1) is 11.7. The van der Waals surface area contributed by atoms with Crippen LogP contribution in [-0.2, 0) is 12.7 Å². The van der Waals surface area contributed by atoms with Gasteiger partial charge in [-0.3, -0.25) is 4.90 Å². The molecule has 2 heterocycles. The fourth-order valence-electron chi connectivity index (χ4n) is 3.30. The minimum Gasteiger partial charge on any atom is -0.478 e. The number of hydrogen-bond acceptors (Lipinski definition) is 4. The molecule has 0 spiro atoms. The van der Waals surface area contributed by atoms with Crippen LogP contribution in [0, 0.1) is 0 Å². The lowest BCUT2D eigenvalue weighted by Gasteiger charge is -2.36. The van der Waals surface area contributed by atoms with Crippen molar-refractivity contribution in [1.29, 1.82) is 0 Å². The van der Waals surface area contributed by atoms with Crippen molar-refractivity contribution in [1.82, 2.24) is 9.80 Å². The van der Waals surface area contributed by atoms with Crippen LogP contribution in [0.2, 0.25) is 5.02 Å². The second-order valence-corrected chi connectivity index (χ2v) is 6.54. The molecule has 1 aromatic rings. The summed E-state index contributed by atoms with van der Waals surface area (Å²) in [4.78, 5) is 15.2. The largest absolute Gasteiger partial charge is 0.478 e. The molecule has 0 bridgehead atoms. The van der Waals surface area contributed by atoms with E-state index in [1.165, 1.54) is 0 Å². The summed E-state index contributed by atoms with van der Waals surface area (Å²) in [5.74, 6) is -1.54. The number of carboxylic acid groups (broad SMARTS) is 1. The predicted molar refractivity (Wildman–Crippen MR) is 87.4 cm³/mol. The maximum absolute atomic E-state index is 13.4. The molecule has 1 fully saturated rings. The van der Waals surface area contributed by atoms with Crippen LogP contribution in [0.3, 0.4) is 0 Å². The number of nitrogens with zero attached hydrogens (tertiary/aromatic N) is 2. The highest BCUT2D eigenvalue weighted by molar-refractivity contribution is 6.34. The minimum atomic E-state index is -4.72. The number of rotatable bonds is 3. The van der Waals surface area contributed by atoms with Crippen molar-refractivity contribution < 1.29 is 23.1 Å². The number of carbonyl (C=O) groups is 1. The molecule has 0 aromatic heterocycles. The quantitative estimate of drug-likeness (QED) is 0.795. The van der Waals surface area contributed by atoms with Crippen LogP contribution in [0.15, 0.2) is 17.8 Å². The second-order valence-electron chi connectivity index (χ2n) is 6.16. The van der Waals surface area contributed by atoms with Gasteiger partial charge in [0.2, 0.25) is 0 Å². The minimum absolute atomic E-state index is 0.0387. The van der Waals surface area contributed by atoms with Crippen molar-refractivity contribution in [3.8, 4) is 0 Å². The summed E-state index contributed by atoms with van der Waals surface area (Å²) in [6.45, 7) is 2.79. The highest BCUT2D eigenvalue weighted by Gasteiger charge is 2.37. The molecule has 9 heteroatoms. The Labute approximate surface area is 147 Å². The van der Waals surface area contributed by atoms with Crippen LogP contribution >= 0.6 is 11.6 Å². The Hall–Kier alpha value is -1.93. The van der Waals surface area contributed by atoms with E-state index in [-0.39, 0.29) is 22.8 Å². The molecule has 136 valence electrons. The van der Waals surface area contributed by atoms with E-state index in [2.05, 4.69) is 11.0 Å². The van der Waals surface area contributed by atoms with Crippen LogP contribution in [0.4, 0.5) is 18.9 Å². The fourth-order valence-corrected chi connectivity index (χ4v) is 3.56. The Morgan fingerprint density at radius 1 is 1.32 bits per heavy atom. The second kappa shape index (κ2) is 6.42. The molecule has 3 N–H and O–H groups in total. The predicted octanol–water partition coefficient (Wildman–Crippen LogP) is 3.04. The van der Waals surface area contributed by atoms with Gasteiger partial charge in [-0.1, -0.05) is 17.7 Å². The molecule has 0 aliphatic carbocycles. The average Bonchev–Trinajstić information content (AvgIpc) is 2.98. The number of hydrogen-bond donors (Lipinski definition) is 2. The highest BCUT2D eigenvalue weighted by atomic mass is 35.5. The van der Waals surface area contributed by atoms with Gasteiger partial charge in [0.1, 0.15) is 0 Å². The van der Waals surface area contributed by atoms with E-state index < -0.39 is 23.3 Å². The number of halogens is 4. The third kappa shape index (κ3) is 3.41. The van der Waals surface area contributed by atoms with Gasteiger partial charge < -0.3 is 15.7 Å².